The van der Waals surface area contributed by atoms with E-state index in [0.717, 1.165) is 19.3 Å². The highest BCUT2D eigenvalue weighted by atomic mass is 16.6. The maximum absolute atomic E-state index is 11.9. The van der Waals surface area contributed by atoms with Crippen LogP contribution in [0.5, 0.6) is 23.0 Å². The molecule has 23 heavy (non-hydrogen) atoms. The van der Waals surface area contributed by atoms with Crippen LogP contribution in [0.3, 0.4) is 0 Å². The van der Waals surface area contributed by atoms with Crippen LogP contribution in [-0.4, -0.2) is 16.1 Å². The summed E-state index contributed by atoms with van der Waals surface area (Å²) in [6, 6.07) is 1.31. The van der Waals surface area contributed by atoms with Crippen molar-refractivity contribution in [1.82, 2.24) is 0 Å². The molecule has 0 fully saturated rings. The Labute approximate surface area is 137 Å². The van der Waals surface area contributed by atoms with Crippen LogP contribution in [0, 0.1) is 0 Å². The Morgan fingerprint density at radius 2 is 1.61 bits per heavy atom. The van der Waals surface area contributed by atoms with Gasteiger partial charge in [-0.15, -0.1) is 0 Å². The van der Waals surface area contributed by atoms with Gasteiger partial charge in [-0.3, -0.25) is 4.79 Å². The minimum atomic E-state index is -0.150. The van der Waals surface area contributed by atoms with Crippen LogP contribution >= 0.6 is 0 Å². The molecule has 0 radical (unpaired) electrons. The summed E-state index contributed by atoms with van der Waals surface area (Å²) in [5.41, 5.74) is 0.208. The first-order valence-corrected chi connectivity index (χ1v) is 8.70. The number of phenolic OH excluding ortho intramolecular Hbond substituents is 2. The summed E-state index contributed by atoms with van der Waals surface area (Å²) >= 11 is 0. The average Bonchev–Trinajstić information content (AvgIpc) is 3.32. The second-order valence-electron chi connectivity index (χ2n) is 6.18. The molecular weight excluding hydrogens is 294 g/mol. The van der Waals surface area contributed by atoms with Crippen LogP contribution < -0.4 is 10.1 Å². The third-order valence-electron chi connectivity index (χ3n) is 4.13. The second-order valence-corrected chi connectivity index (χ2v) is 6.18. The fourth-order valence-electron chi connectivity index (χ4n) is 2.70. The third-order valence-corrected chi connectivity index (χ3v) is 4.13. The van der Waals surface area contributed by atoms with Gasteiger partial charge in [-0.2, -0.15) is 0 Å². The fraction of sp³-hybridized carbons (Fsp3) is 0.611. The first-order chi connectivity index (χ1) is 11.1. The number of nitrogens with one attached hydrogen (secondary N) is 1. The maximum atomic E-state index is 11.9. The molecule has 5 nitrogen and oxygen atoms in total. The van der Waals surface area contributed by atoms with Crippen molar-refractivity contribution in [1.29, 1.82) is 0 Å². The number of unbranched alkanes of at least 4 members (excludes halogenated alkanes) is 8. The number of aromatic hydroxyl groups is 2. The molecule has 0 bridgehead atoms. The molecule has 128 valence electrons. The lowest BCUT2D eigenvalue weighted by atomic mass is 10.1. The van der Waals surface area contributed by atoms with Gasteiger partial charge in [-0.25, -0.2) is 0 Å². The van der Waals surface area contributed by atoms with Gasteiger partial charge in [-0.05, 0) is 6.42 Å². The SMILES string of the molecule is CCCCCCCCCCCC(=O)Nc1cc(O)c2c(c1O)O2. The predicted molar refractivity (Wildman–Crippen MR) is 90.3 cm³/mol. The van der Waals surface area contributed by atoms with Crippen molar-refractivity contribution < 1.29 is 19.7 Å². The lowest BCUT2D eigenvalue weighted by Gasteiger charge is -2.06. The molecule has 1 aromatic rings. The van der Waals surface area contributed by atoms with Gasteiger partial charge in [0.2, 0.25) is 17.4 Å². The minimum absolute atomic E-state index is 0.0591. The molecule has 0 unspecified atom stereocenters. The average molecular weight is 321 g/mol. The van der Waals surface area contributed by atoms with Gasteiger partial charge in [-0.1, -0.05) is 58.3 Å². The maximum Gasteiger partial charge on any atom is 0.224 e. The van der Waals surface area contributed by atoms with E-state index >= 15 is 0 Å². The Balaban J connectivity index is 1.56. The van der Waals surface area contributed by atoms with Gasteiger partial charge < -0.3 is 20.3 Å². The summed E-state index contributed by atoms with van der Waals surface area (Å²) in [6.45, 7) is 2.22. The van der Waals surface area contributed by atoms with Gasteiger partial charge >= 0.3 is 0 Å². The van der Waals surface area contributed by atoms with Crippen molar-refractivity contribution in [2.45, 2.75) is 71.1 Å². The van der Waals surface area contributed by atoms with Crippen LogP contribution in [0.2, 0.25) is 0 Å². The van der Waals surface area contributed by atoms with Crippen LogP contribution in [0.25, 0.3) is 0 Å². The number of hydrogen-bond donors (Lipinski definition) is 3. The summed E-state index contributed by atoms with van der Waals surface area (Å²) in [4.78, 5) is 11.9. The zero-order valence-corrected chi connectivity index (χ0v) is 13.9. The molecule has 1 aromatic carbocycles. The number of hydrogen-bond acceptors (Lipinski definition) is 4. The minimum Gasteiger partial charge on any atom is -0.504 e. The normalized spacial score (nSPS) is 11.7. The fourth-order valence-corrected chi connectivity index (χ4v) is 2.70. The van der Waals surface area contributed by atoms with E-state index in [1.807, 2.05) is 0 Å². The molecular formula is C18H27NO4. The molecule has 1 amide bonds. The Hall–Kier alpha value is -1.91. The molecule has 1 aliphatic heterocycles. The Morgan fingerprint density at radius 3 is 2.26 bits per heavy atom. The van der Waals surface area contributed by atoms with Crippen LogP contribution in [0.4, 0.5) is 5.69 Å². The standard InChI is InChI=1S/C18H27NO4/c1-2-3-4-5-6-7-8-9-10-11-15(21)19-13-12-14(20)17-18(23-17)16(13)22/h12,20,22H,2-11H2,1H3,(H,19,21). The van der Waals surface area contributed by atoms with E-state index in [1.54, 1.807) is 0 Å². The number of ether oxygens (including phenoxy) is 1. The Bertz CT molecular complexity index is 542. The zero-order valence-electron chi connectivity index (χ0n) is 13.9. The van der Waals surface area contributed by atoms with Gasteiger partial charge in [0.15, 0.2) is 11.5 Å². The van der Waals surface area contributed by atoms with E-state index in [4.69, 9.17) is 4.74 Å². The summed E-state index contributed by atoms with van der Waals surface area (Å²) in [5, 5.41) is 22.0. The first-order valence-electron chi connectivity index (χ1n) is 8.70. The van der Waals surface area contributed by atoms with Gasteiger partial charge in [0.25, 0.3) is 0 Å². The highest BCUT2D eigenvalue weighted by Crippen LogP contribution is 2.60. The van der Waals surface area contributed by atoms with E-state index in [-0.39, 0.29) is 28.8 Å². The molecule has 1 heterocycles. The lowest BCUT2D eigenvalue weighted by Crippen LogP contribution is -2.10. The number of carbonyl (C=O) groups is 1. The third kappa shape index (κ3) is 5.34. The summed E-state index contributed by atoms with van der Waals surface area (Å²) in [7, 11) is 0. The van der Waals surface area contributed by atoms with Crippen LogP contribution in [0.1, 0.15) is 71.1 Å². The second kappa shape index (κ2) is 8.65. The molecule has 0 spiro atoms. The van der Waals surface area contributed by atoms with Gasteiger partial charge in [0.05, 0.1) is 5.69 Å². The summed E-state index contributed by atoms with van der Waals surface area (Å²) in [6.07, 6.45) is 11.3. The van der Waals surface area contributed by atoms with Crippen LogP contribution in [0.15, 0.2) is 6.07 Å². The number of fused-ring (bicyclic) bond motifs is 1. The van der Waals surface area contributed by atoms with Crippen molar-refractivity contribution in [3.05, 3.63) is 6.07 Å². The van der Waals surface area contributed by atoms with E-state index in [2.05, 4.69) is 12.2 Å². The Kier molecular flexibility index (Phi) is 6.56. The highest BCUT2D eigenvalue weighted by Gasteiger charge is 2.32. The molecule has 5 heteroatoms. The number of carbonyl (C=O) groups excluding carboxylic acids is 1. The molecule has 0 aromatic heterocycles. The molecule has 0 atom stereocenters. The highest BCUT2D eigenvalue weighted by molar-refractivity contribution is 5.94. The molecule has 2 rings (SSSR count). The number of benzene rings is 1. The van der Waals surface area contributed by atoms with Crippen molar-refractivity contribution in [2.75, 3.05) is 5.32 Å². The predicted octanol–water partition coefficient (Wildman–Crippen LogP) is 5.06. The quantitative estimate of drug-likeness (QED) is 0.234. The summed E-state index contributed by atoms with van der Waals surface area (Å²) in [5.74, 6) is 0.223. The number of phenols is 2. The molecule has 0 aliphatic carbocycles. The van der Waals surface area contributed by atoms with E-state index in [1.165, 1.54) is 44.6 Å². The molecule has 0 saturated carbocycles. The largest absolute Gasteiger partial charge is 0.504 e. The Morgan fingerprint density at radius 1 is 1.00 bits per heavy atom. The van der Waals surface area contributed by atoms with Crippen molar-refractivity contribution in [3.8, 4) is 23.0 Å². The van der Waals surface area contributed by atoms with E-state index < -0.39 is 0 Å². The summed E-state index contributed by atoms with van der Waals surface area (Å²) < 4.78 is 4.93. The molecule has 3 N–H and O–H groups in total. The van der Waals surface area contributed by atoms with Crippen LogP contribution in [-0.2, 0) is 4.79 Å². The number of amides is 1. The van der Waals surface area contributed by atoms with E-state index in [9.17, 15) is 15.0 Å². The van der Waals surface area contributed by atoms with Crippen molar-refractivity contribution in [2.24, 2.45) is 0 Å². The first kappa shape index (κ1) is 17.4. The number of rotatable bonds is 11. The smallest absolute Gasteiger partial charge is 0.224 e. The molecule has 1 aliphatic rings. The number of anilines is 1. The van der Waals surface area contributed by atoms with Gasteiger partial charge in [0.1, 0.15) is 0 Å². The van der Waals surface area contributed by atoms with E-state index in [0.29, 0.717) is 12.2 Å². The lowest BCUT2D eigenvalue weighted by molar-refractivity contribution is -0.116. The van der Waals surface area contributed by atoms with Crippen molar-refractivity contribution in [3.63, 3.8) is 0 Å². The topological polar surface area (TPSA) is 82.1 Å². The molecule has 0 saturated heterocycles. The van der Waals surface area contributed by atoms with Crippen molar-refractivity contribution >= 4 is 11.6 Å². The monoisotopic (exact) mass is 321 g/mol. The van der Waals surface area contributed by atoms with Gasteiger partial charge in [0, 0.05) is 12.5 Å². The zero-order chi connectivity index (χ0) is 16.7.